The predicted octanol–water partition coefficient (Wildman–Crippen LogP) is 7.82. The third-order valence-electron chi connectivity index (χ3n) is 7.81. The number of pyridine rings is 1. The molecule has 0 spiro atoms. The number of aromatic nitrogens is 1. The van der Waals surface area contributed by atoms with Gasteiger partial charge in [0.25, 0.3) is 5.91 Å². The summed E-state index contributed by atoms with van der Waals surface area (Å²) in [7, 11) is -1.48. The van der Waals surface area contributed by atoms with E-state index in [-0.39, 0.29) is 35.5 Å². The van der Waals surface area contributed by atoms with Crippen LogP contribution in [0.15, 0.2) is 53.7 Å². The van der Waals surface area contributed by atoms with Crippen molar-refractivity contribution in [3.8, 4) is 0 Å². The van der Waals surface area contributed by atoms with E-state index in [2.05, 4.69) is 29.9 Å². The van der Waals surface area contributed by atoms with Crippen molar-refractivity contribution in [1.29, 1.82) is 0 Å². The molecule has 49 heavy (non-hydrogen) atoms. The smallest absolute Gasteiger partial charge is 0.418 e. The maximum Gasteiger partial charge on any atom is 0.418 e. The van der Waals surface area contributed by atoms with E-state index in [1.54, 1.807) is 33.8 Å². The fourth-order valence-corrected chi connectivity index (χ4v) is 7.62. The summed E-state index contributed by atoms with van der Waals surface area (Å²) in [6, 6.07) is 7.58. The van der Waals surface area contributed by atoms with E-state index in [0.717, 1.165) is 23.9 Å². The molecule has 1 fully saturated rings. The van der Waals surface area contributed by atoms with Crippen molar-refractivity contribution in [2.24, 2.45) is 10.9 Å². The van der Waals surface area contributed by atoms with Gasteiger partial charge in [-0.25, -0.2) is 33.2 Å². The third-order valence-corrected chi connectivity index (χ3v) is 11.2. The van der Waals surface area contributed by atoms with E-state index in [0.29, 0.717) is 18.1 Å². The normalized spacial score (nSPS) is 21.8. The molecular formula is C34H43ClF2N4O6SSi. The zero-order valence-corrected chi connectivity index (χ0v) is 31.3. The Morgan fingerprint density at radius 2 is 1.94 bits per heavy atom. The molecule has 1 N–H and O–H groups in total. The number of fused-ring (bicyclic) bond motifs is 1. The molecule has 0 bridgehead atoms. The van der Waals surface area contributed by atoms with E-state index < -0.39 is 60.3 Å². The molecule has 0 saturated heterocycles. The summed E-state index contributed by atoms with van der Waals surface area (Å²) >= 11 is 7.06. The molecule has 2 aromatic rings. The fraction of sp³-hybridized carbons (Fsp3) is 0.500. The van der Waals surface area contributed by atoms with Crippen LogP contribution in [0.2, 0.25) is 30.7 Å². The quantitative estimate of drug-likeness (QED) is 0.0771. The van der Waals surface area contributed by atoms with Crippen LogP contribution in [0.25, 0.3) is 0 Å². The molecule has 2 amide bonds. The Morgan fingerprint density at radius 3 is 2.55 bits per heavy atom. The Bertz CT molecular complexity index is 1620. The molecule has 4 rings (SSSR count). The maximum atomic E-state index is 15.9. The van der Waals surface area contributed by atoms with Crippen LogP contribution in [0.1, 0.15) is 50.2 Å². The second-order valence-corrected chi connectivity index (χ2v) is 21.5. The van der Waals surface area contributed by atoms with Gasteiger partial charge in [-0.15, -0.1) is 0 Å². The van der Waals surface area contributed by atoms with Gasteiger partial charge >= 0.3 is 12.1 Å². The highest BCUT2D eigenvalue weighted by Crippen LogP contribution is 2.67. The number of benzene rings is 1. The highest BCUT2D eigenvalue weighted by molar-refractivity contribution is 8.15. The summed E-state index contributed by atoms with van der Waals surface area (Å²) in [5.41, 5.74) is -2.62. The van der Waals surface area contributed by atoms with E-state index in [1.807, 2.05) is 0 Å². The molecule has 1 aliphatic carbocycles. The second-order valence-electron chi connectivity index (χ2n) is 14.1. The number of halogens is 3. The van der Waals surface area contributed by atoms with Gasteiger partial charge in [0.15, 0.2) is 5.17 Å². The highest BCUT2D eigenvalue weighted by Gasteiger charge is 2.68. The van der Waals surface area contributed by atoms with E-state index in [1.165, 1.54) is 41.4 Å². The van der Waals surface area contributed by atoms with Crippen LogP contribution in [0.3, 0.4) is 0 Å². The van der Waals surface area contributed by atoms with Crippen molar-refractivity contribution < 1.29 is 37.4 Å². The zero-order chi connectivity index (χ0) is 36.2. The zero-order valence-electron chi connectivity index (χ0n) is 28.8. The second kappa shape index (κ2) is 15.3. The number of hydrogen-bond acceptors (Lipinski definition) is 9. The average molecular weight is 737 g/mol. The molecule has 1 aliphatic heterocycles. The molecule has 1 saturated carbocycles. The summed E-state index contributed by atoms with van der Waals surface area (Å²) in [4.78, 5) is 49.0. The summed E-state index contributed by atoms with van der Waals surface area (Å²) in [6.07, 6.45) is 3.71. The summed E-state index contributed by atoms with van der Waals surface area (Å²) < 4.78 is 47.4. The lowest BCUT2D eigenvalue weighted by Crippen LogP contribution is -2.47. The number of nitrogens with zero attached hydrogens (tertiary/aromatic N) is 3. The van der Waals surface area contributed by atoms with Crippen LogP contribution in [0, 0.1) is 11.7 Å². The number of nitrogens with one attached hydrogen (secondary N) is 1. The van der Waals surface area contributed by atoms with Crippen molar-refractivity contribution >= 4 is 60.3 Å². The van der Waals surface area contributed by atoms with Crippen LogP contribution in [-0.4, -0.2) is 78.1 Å². The molecule has 0 radical (unpaired) electrons. The lowest BCUT2D eigenvalue weighted by Gasteiger charge is -2.38. The van der Waals surface area contributed by atoms with Crippen LogP contribution in [-0.2, 0) is 24.5 Å². The number of rotatable bonds is 12. The van der Waals surface area contributed by atoms with E-state index in [9.17, 15) is 14.4 Å². The summed E-state index contributed by atoms with van der Waals surface area (Å²) in [5.74, 6) is -2.57. The molecule has 10 nitrogen and oxygen atoms in total. The maximum absolute atomic E-state index is 15.9. The van der Waals surface area contributed by atoms with E-state index in [4.69, 9.17) is 30.8 Å². The third kappa shape index (κ3) is 9.68. The molecule has 266 valence electrons. The molecular weight excluding hydrogens is 694 g/mol. The van der Waals surface area contributed by atoms with Crippen molar-refractivity contribution in [2.75, 3.05) is 31.9 Å². The fourth-order valence-electron chi connectivity index (χ4n) is 5.24. The van der Waals surface area contributed by atoms with Gasteiger partial charge in [0.2, 0.25) is 0 Å². The Kier molecular flexibility index (Phi) is 12.0. The SMILES string of the molecule is CCOC(=O)/C=C/[C@]12C[C@H]1[C@@](CF)(c1cc(NC(=O)c3ccc(Cl)cn3)ccc1F)N=C(N(COCC[Si](C)(C)C)C(=O)OC(C)(C)C)S2. The van der Waals surface area contributed by atoms with Crippen molar-refractivity contribution in [1.82, 2.24) is 9.88 Å². The molecule has 2 heterocycles. The monoisotopic (exact) mass is 736 g/mol. The van der Waals surface area contributed by atoms with E-state index >= 15 is 8.78 Å². The van der Waals surface area contributed by atoms with Crippen LogP contribution >= 0.6 is 23.4 Å². The van der Waals surface area contributed by atoms with Crippen LogP contribution in [0.5, 0.6) is 0 Å². The molecule has 15 heteroatoms. The first-order valence-corrected chi connectivity index (χ1v) is 20.8. The van der Waals surface area contributed by atoms with Crippen molar-refractivity contribution in [3.05, 3.63) is 70.8 Å². The first-order valence-electron chi connectivity index (χ1n) is 15.9. The number of aliphatic imine (C=N–C) groups is 1. The number of hydrogen-bond donors (Lipinski definition) is 1. The molecule has 1 aromatic heterocycles. The molecule has 1 aromatic carbocycles. The Hall–Kier alpha value is -3.33. The van der Waals surface area contributed by atoms with Crippen LogP contribution in [0.4, 0.5) is 19.3 Å². The number of anilines is 1. The lowest BCUT2D eigenvalue weighted by atomic mass is 9.84. The number of carbonyl (C=O) groups is 3. The Balaban J connectivity index is 1.80. The highest BCUT2D eigenvalue weighted by atomic mass is 35.5. The minimum atomic E-state index is -1.85. The predicted molar refractivity (Wildman–Crippen MR) is 190 cm³/mol. The Labute approximate surface area is 296 Å². The number of alkyl halides is 1. The van der Waals surface area contributed by atoms with Gasteiger partial charge < -0.3 is 19.5 Å². The first kappa shape index (κ1) is 38.5. The minimum Gasteiger partial charge on any atom is -0.463 e. The molecule has 2 aliphatic rings. The van der Waals surface area contributed by atoms with Crippen molar-refractivity contribution in [2.45, 2.75) is 75.7 Å². The van der Waals surface area contributed by atoms with Gasteiger partial charge in [-0.1, -0.05) is 49.1 Å². The molecule has 0 unspecified atom stereocenters. The number of carbonyl (C=O) groups excluding carboxylic acids is 3. The van der Waals surface area contributed by atoms with Gasteiger partial charge in [0.05, 0.1) is 11.6 Å². The Morgan fingerprint density at radius 1 is 1.20 bits per heavy atom. The van der Waals surface area contributed by atoms with Gasteiger partial charge in [0, 0.05) is 48.9 Å². The van der Waals surface area contributed by atoms with Gasteiger partial charge in [-0.05, 0) is 70.5 Å². The van der Waals surface area contributed by atoms with Crippen LogP contribution < -0.4 is 5.32 Å². The number of amides is 2. The topological polar surface area (TPSA) is 119 Å². The van der Waals surface area contributed by atoms with Gasteiger partial charge in [-0.3, -0.25) is 4.79 Å². The number of ether oxygens (including phenoxy) is 3. The standard InChI is InChI=1S/C34H43ClF2N4O6SSi/c1-8-46-28(42)13-14-33-18-27(33)34(20-36,24-17-23(10-11-25(24)37)39-29(43)26-12-9-22(35)19-38-26)40-30(48-33)41(31(44)47-32(2,3)4)21-45-15-16-49(5,6)7/h9-14,17,19,27H,8,15-16,18,20-21H2,1-7H3,(H,39,43)/b14-13+/t27-,33+,34-/m1/s1. The van der Waals surface area contributed by atoms with Gasteiger partial charge in [0.1, 0.15) is 36.1 Å². The summed E-state index contributed by atoms with van der Waals surface area (Å²) in [6.45, 7) is 12.5. The lowest BCUT2D eigenvalue weighted by molar-refractivity contribution is -0.137. The summed E-state index contributed by atoms with van der Waals surface area (Å²) in [5, 5.41) is 3.07. The van der Waals surface area contributed by atoms with Gasteiger partial charge in [-0.2, -0.15) is 0 Å². The number of amidine groups is 1. The largest absolute Gasteiger partial charge is 0.463 e. The molecule has 3 atom stereocenters. The minimum absolute atomic E-state index is 0.0429. The first-order chi connectivity index (χ1) is 22.9. The number of esters is 1. The average Bonchev–Trinajstić information content (AvgIpc) is 3.75. The van der Waals surface area contributed by atoms with Crippen molar-refractivity contribution in [3.63, 3.8) is 0 Å². The number of thioether (sulfide) groups is 1.